The first-order valence-electron chi connectivity index (χ1n) is 6.87. The van der Waals surface area contributed by atoms with Crippen LogP contribution < -0.4 is 5.32 Å². The van der Waals surface area contributed by atoms with E-state index in [-0.39, 0.29) is 0 Å². The zero-order chi connectivity index (χ0) is 15.1. The highest BCUT2D eigenvalue weighted by Gasteiger charge is 2.15. The maximum Gasteiger partial charge on any atom is 0.175 e. The van der Waals surface area contributed by atoms with E-state index in [4.69, 9.17) is 4.74 Å². The molecule has 7 heteroatoms. The highest BCUT2D eigenvalue weighted by molar-refractivity contribution is 9.10. The van der Waals surface area contributed by atoms with Gasteiger partial charge in [-0.05, 0) is 22.9 Å². The standard InChI is InChI=1S/C14H20BrN5O/c1-20-18-14(17-19-20)9-12(10-16-6-7-21-2)11-4-3-5-13(15)8-11/h3-5,8,12,16H,6-7,9-10H2,1-2H3. The van der Waals surface area contributed by atoms with Crippen LogP contribution in [0, 0.1) is 0 Å². The molecular weight excluding hydrogens is 334 g/mol. The number of tetrazole rings is 1. The summed E-state index contributed by atoms with van der Waals surface area (Å²) in [5.41, 5.74) is 1.25. The summed E-state index contributed by atoms with van der Waals surface area (Å²) < 4.78 is 6.14. The molecular formula is C14H20BrN5O. The van der Waals surface area contributed by atoms with Crippen LogP contribution in [0.4, 0.5) is 0 Å². The Bertz CT molecular complexity index is 560. The molecule has 21 heavy (non-hydrogen) atoms. The van der Waals surface area contributed by atoms with Crippen molar-refractivity contribution >= 4 is 15.9 Å². The number of halogens is 1. The lowest BCUT2D eigenvalue weighted by Crippen LogP contribution is -2.26. The molecule has 0 bridgehead atoms. The minimum absolute atomic E-state index is 0.295. The van der Waals surface area contributed by atoms with Crippen LogP contribution >= 0.6 is 15.9 Å². The van der Waals surface area contributed by atoms with Gasteiger partial charge in [-0.1, -0.05) is 28.1 Å². The molecule has 1 atom stereocenters. The van der Waals surface area contributed by atoms with Crippen molar-refractivity contribution in [1.29, 1.82) is 0 Å². The number of ether oxygens (including phenoxy) is 1. The van der Waals surface area contributed by atoms with Gasteiger partial charge in [0.15, 0.2) is 5.82 Å². The third-order valence-electron chi connectivity index (χ3n) is 3.17. The molecule has 1 unspecified atom stereocenters. The van der Waals surface area contributed by atoms with Crippen LogP contribution in [0.5, 0.6) is 0 Å². The molecule has 1 aromatic carbocycles. The molecule has 2 rings (SSSR count). The zero-order valence-corrected chi connectivity index (χ0v) is 13.9. The highest BCUT2D eigenvalue weighted by Crippen LogP contribution is 2.22. The molecule has 0 saturated heterocycles. The third-order valence-corrected chi connectivity index (χ3v) is 3.67. The van der Waals surface area contributed by atoms with E-state index in [0.717, 1.165) is 29.8 Å². The van der Waals surface area contributed by atoms with Gasteiger partial charge in [0.2, 0.25) is 0 Å². The molecule has 0 aliphatic heterocycles. The van der Waals surface area contributed by atoms with Crippen LogP contribution in [0.3, 0.4) is 0 Å². The molecule has 1 heterocycles. The smallest absolute Gasteiger partial charge is 0.175 e. The third kappa shape index (κ3) is 5.18. The number of nitrogens with one attached hydrogen (secondary N) is 1. The number of nitrogens with zero attached hydrogens (tertiary/aromatic N) is 4. The van der Waals surface area contributed by atoms with Gasteiger partial charge in [-0.2, -0.15) is 4.80 Å². The Morgan fingerprint density at radius 2 is 2.29 bits per heavy atom. The maximum absolute atomic E-state index is 5.06. The summed E-state index contributed by atoms with van der Waals surface area (Å²) in [5.74, 6) is 1.06. The largest absolute Gasteiger partial charge is 0.383 e. The Hall–Kier alpha value is -1.31. The predicted molar refractivity (Wildman–Crippen MR) is 84.1 cm³/mol. The molecule has 1 aromatic heterocycles. The first-order chi connectivity index (χ1) is 10.2. The summed E-state index contributed by atoms with van der Waals surface area (Å²) >= 11 is 3.52. The second-order valence-electron chi connectivity index (χ2n) is 4.85. The summed E-state index contributed by atoms with van der Waals surface area (Å²) in [7, 11) is 3.48. The van der Waals surface area contributed by atoms with Crippen molar-refractivity contribution in [3.63, 3.8) is 0 Å². The summed E-state index contributed by atoms with van der Waals surface area (Å²) in [6.45, 7) is 2.38. The molecule has 0 fully saturated rings. The molecule has 2 aromatic rings. The Labute approximate surface area is 133 Å². The van der Waals surface area contributed by atoms with E-state index in [0.29, 0.717) is 12.5 Å². The first kappa shape index (κ1) is 16.1. The number of methoxy groups -OCH3 is 1. The molecule has 0 saturated carbocycles. The lowest BCUT2D eigenvalue weighted by atomic mass is 9.95. The minimum atomic E-state index is 0.295. The highest BCUT2D eigenvalue weighted by atomic mass is 79.9. The maximum atomic E-state index is 5.06. The lowest BCUT2D eigenvalue weighted by molar-refractivity contribution is 0.199. The average Bonchev–Trinajstić information content (AvgIpc) is 2.87. The normalized spacial score (nSPS) is 12.5. The van der Waals surface area contributed by atoms with Gasteiger partial charge in [-0.3, -0.25) is 0 Å². The van der Waals surface area contributed by atoms with E-state index >= 15 is 0 Å². The van der Waals surface area contributed by atoms with Crippen molar-refractivity contribution in [3.8, 4) is 0 Å². The fourth-order valence-corrected chi connectivity index (χ4v) is 2.56. The van der Waals surface area contributed by atoms with Gasteiger partial charge in [0.1, 0.15) is 0 Å². The van der Waals surface area contributed by atoms with Crippen LogP contribution in [0.25, 0.3) is 0 Å². The molecule has 0 aliphatic rings. The Kier molecular flexibility index (Phi) is 6.28. The number of aromatic nitrogens is 4. The number of benzene rings is 1. The van der Waals surface area contributed by atoms with Gasteiger partial charge in [-0.25, -0.2) is 0 Å². The number of hydrogen-bond acceptors (Lipinski definition) is 5. The van der Waals surface area contributed by atoms with Crippen LogP contribution in [0.2, 0.25) is 0 Å². The number of rotatable bonds is 8. The quantitative estimate of drug-likeness (QED) is 0.729. The molecule has 0 amide bonds. The van der Waals surface area contributed by atoms with E-state index < -0.39 is 0 Å². The van der Waals surface area contributed by atoms with Gasteiger partial charge in [-0.15, -0.1) is 10.2 Å². The van der Waals surface area contributed by atoms with Crippen molar-refractivity contribution in [2.75, 3.05) is 26.8 Å². The lowest BCUT2D eigenvalue weighted by Gasteiger charge is -2.17. The van der Waals surface area contributed by atoms with Crippen molar-refractivity contribution in [2.45, 2.75) is 12.3 Å². The summed E-state index contributed by atoms with van der Waals surface area (Å²) in [6, 6.07) is 8.34. The van der Waals surface area contributed by atoms with Crippen molar-refractivity contribution < 1.29 is 4.74 Å². The zero-order valence-electron chi connectivity index (χ0n) is 12.3. The van der Waals surface area contributed by atoms with Gasteiger partial charge < -0.3 is 10.1 Å². The van der Waals surface area contributed by atoms with Gasteiger partial charge in [0.25, 0.3) is 0 Å². The van der Waals surface area contributed by atoms with Crippen LogP contribution in [-0.4, -0.2) is 47.0 Å². The monoisotopic (exact) mass is 353 g/mol. The fourth-order valence-electron chi connectivity index (χ4n) is 2.14. The molecule has 0 spiro atoms. The minimum Gasteiger partial charge on any atom is -0.383 e. The van der Waals surface area contributed by atoms with E-state index in [1.807, 2.05) is 12.1 Å². The molecule has 0 aliphatic carbocycles. The topological polar surface area (TPSA) is 64.9 Å². The van der Waals surface area contributed by atoms with Crippen LogP contribution in [0.15, 0.2) is 28.7 Å². The van der Waals surface area contributed by atoms with Crippen molar-refractivity contribution in [1.82, 2.24) is 25.5 Å². The van der Waals surface area contributed by atoms with E-state index in [2.05, 4.69) is 48.8 Å². The Morgan fingerprint density at radius 1 is 1.43 bits per heavy atom. The molecule has 6 nitrogen and oxygen atoms in total. The number of aryl methyl sites for hydroxylation is 1. The van der Waals surface area contributed by atoms with Gasteiger partial charge in [0, 0.05) is 37.0 Å². The molecule has 114 valence electrons. The molecule has 1 N–H and O–H groups in total. The van der Waals surface area contributed by atoms with Crippen LogP contribution in [-0.2, 0) is 18.2 Å². The summed E-state index contributed by atoms with van der Waals surface area (Å²) in [5, 5.41) is 15.7. The second-order valence-corrected chi connectivity index (χ2v) is 5.76. The van der Waals surface area contributed by atoms with Gasteiger partial charge >= 0.3 is 0 Å². The summed E-state index contributed by atoms with van der Waals surface area (Å²) in [6.07, 6.45) is 0.754. The fraction of sp³-hybridized carbons (Fsp3) is 0.500. The van der Waals surface area contributed by atoms with Crippen LogP contribution in [0.1, 0.15) is 17.3 Å². The summed E-state index contributed by atoms with van der Waals surface area (Å²) in [4.78, 5) is 1.49. The van der Waals surface area contributed by atoms with Gasteiger partial charge in [0.05, 0.1) is 13.7 Å². The Morgan fingerprint density at radius 3 is 2.95 bits per heavy atom. The second kappa shape index (κ2) is 8.21. The predicted octanol–water partition coefficient (Wildman–Crippen LogP) is 1.53. The van der Waals surface area contributed by atoms with E-state index in [9.17, 15) is 0 Å². The Balaban J connectivity index is 2.06. The molecule has 0 radical (unpaired) electrons. The number of hydrogen-bond donors (Lipinski definition) is 1. The van der Waals surface area contributed by atoms with E-state index in [1.165, 1.54) is 10.4 Å². The van der Waals surface area contributed by atoms with Crippen molar-refractivity contribution in [2.24, 2.45) is 7.05 Å². The SMILES string of the molecule is COCCNCC(Cc1nnn(C)n1)c1cccc(Br)c1. The van der Waals surface area contributed by atoms with Crippen molar-refractivity contribution in [3.05, 3.63) is 40.1 Å². The average molecular weight is 354 g/mol. The van der Waals surface area contributed by atoms with E-state index in [1.54, 1.807) is 14.2 Å². The first-order valence-corrected chi connectivity index (χ1v) is 7.66.